The number of nitrogens with two attached hydrogens (primary N) is 1. The monoisotopic (exact) mass is 449 g/mol. The number of fused-ring (bicyclic) bond motifs is 3. The first kappa shape index (κ1) is 20.2. The number of hydrogen-bond acceptors (Lipinski definition) is 6. The van der Waals surface area contributed by atoms with Crippen molar-refractivity contribution in [3.63, 3.8) is 0 Å². The minimum Gasteiger partial charge on any atom is -0.383 e. The molecular formula is C22H20ClN7O2. The molecule has 0 aliphatic rings. The van der Waals surface area contributed by atoms with Crippen molar-refractivity contribution in [1.29, 1.82) is 0 Å². The molecule has 162 valence electrons. The van der Waals surface area contributed by atoms with Gasteiger partial charge >= 0.3 is 5.69 Å². The topological polar surface area (TPSA) is 106 Å². The predicted molar refractivity (Wildman–Crippen MR) is 124 cm³/mol. The highest BCUT2D eigenvalue weighted by Crippen LogP contribution is 2.31. The molecule has 32 heavy (non-hydrogen) atoms. The summed E-state index contributed by atoms with van der Waals surface area (Å²) in [6.45, 7) is 0.365. The van der Waals surface area contributed by atoms with Gasteiger partial charge in [0, 0.05) is 43.9 Å². The van der Waals surface area contributed by atoms with Crippen LogP contribution in [0.3, 0.4) is 0 Å². The van der Waals surface area contributed by atoms with Crippen LogP contribution >= 0.6 is 11.6 Å². The predicted octanol–water partition coefficient (Wildman–Crippen LogP) is 3.05. The molecule has 0 aliphatic carbocycles. The fourth-order valence-corrected chi connectivity index (χ4v) is 4.20. The molecule has 0 bridgehead atoms. The van der Waals surface area contributed by atoms with Crippen molar-refractivity contribution >= 4 is 39.4 Å². The number of imidazole rings is 1. The molecule has 4 heterocycles. The highest BCUT2D eigenvalue weighted by molar-refractivity contribution is 6.31. The van der Waals surface area contributed by atoms with Gasteiger partial charge in [-0.15, -0.1) is 0 Å². The quantitative estimate of drug-likeness (QED) is 0.452. The summed E-state index contributed by atoms with van der Waals surface area (Å²) in [5, 5.41) is 5.24. The zero-order valence-electron chi connectivity index (χ0n) is 17.7. The summed E-state index contributed by atoms with van der Waals surface area (Å²) >= 11 is 6.35. The number of rotatable bonds is 4. The lowest BCUT2D eigenvalue weighted by Gasteiger charge is -2.09. The zero-order valence-corrected chi connectivity index (χ0v) is 18.5. The Bertz CT molecular complexity index is 1560. The Kier molecular flexibility index (Phi) is 4.72. The highest BCUT2D eigenvalue weighted by atomic mass is 35.5. The summed E-state index contributed by atoms with van der Waals surface area (Å²) in [7, 11) is 5.08. The van der Waals surface area contributed by atoms with Gasteiger partial charge in [0.25, 0.3) is 0 Å². The van der Waals surface area contributed by atoms with E-state index in [1.807, 2.05) is 24.3 Å². The minimum atomic E-state index is -0.230. The number of nitrogen functional groups attached to an aromatic ring is 1. The number of aryl methyl sites for hydroxylation is 2. The summed E-state index contributed by atoms with van der Waals surface area (Å²) in [4.78, 5) is 22.0. The van der Waals surface area contributed by atoms with Crippen LogP contribution in [0.15, 0.2) is 47.7 Å². The van der Waals surface area contributed by atoms with Gasteiger partial charge in [0.05, 0.1) is 35.6 Å². The molecule has 0 fully saturated rings. The molecule has 4 aromatic heterocycles. The van der Waals surface area contributed by atoms with Crippen molar-refractivity contribution in [3.8, 4) is 16.8 Å². The van der Waals surface area contributed by atoms with Gasteiger partial charge in [0.15, 0.2) is 5.15 Å². The van der Waals surface area contributed by atoms with Crippen LogP contribution in [0.25, 0.3) is 38.8 Å². The first-order valence-electron chi connectivity index (χ1n) is 9.82. The maximum absolute atomic E-state index is 13.2. The van der Waals surface area contributed by atoms with E-state index in [-0.39, 0.29) is 10.8 Å². The molecule has 2 N–H and O–H groups in total. The molecule has 1 aromatic carbocycles. The number of ether oxygens (including phenoxy) is 1. The van der Waals surface area contributed by atoms with E-state index in [0.29, 0.717) is 29.1 Å². The Labute approximate surface area is 187 Å². The fraction of sp³-hybridized carbons (Fsp3) is 0.182. The third-order valence-electron chi connectivity index (χ3n) is 5.52. The van der Waals surface area contributed by atoms with E-state index in [1.54, 1.807) is 53.6 Å². The van der Waals surface area contributed by atoms with Gasteiger partial charge in [-0.3, -0.25) is 18.8 Å². The van der Waals surface area contributed by atoms with Gasteiger partial charge in [0.2, 0.25) is 0 Å². The fourth-order valence-electron chi connectivity index (χ4n) is 3.95. The number of anilines is 1. The zero-order chi connectivity index (χ0) is 22.6. The van der Waals surface area contributed by atoms with Crippen LogP contribution in [0, 0.1) is 0 Å². The van der Waals surface area contributed by atoms with E-state index < -0.39 is 0 Å². The van der Waals surface area contributed by atoms with E-state index in [2.05, 4.69) is 15.1 Å². The molecule has 0 aliphatic heterocycles. The van der Waals surface area contributed by atoms with Gasteiger partial charge < -0.3 is 10.5 Å². The Morgan fingerprint density at radius 1 is 1.12 bits per heavy atom. The summed E-state index contributed by atoms with van der Waals surface area (Å²) in [6.07, 6.45) is 5.14. The number of benzene rings is 1. The second-order valence-corrected chi connectivity index (χ2v) is 7.94. The number of nitrogens with zero attached hydrogens (tertiary/aromatic N) is 6. The SMILES string of the molecule is COCc1cc(-c2ccc3ncc4c(c3c2)n(-c2cn(C)nc2Cl)c(=O)n4C)cnc1N. The van der Waals surface area contributed by atoms with Crippen molar-refractivity contribution in [3.05, 3.63) is 64.1 Å². The average molecular weight is 450 g/mol. The third-order valence-corrected chi connectivity index (χ3v) is 5.79. The summed E-state index contributed by atoms with van der Waals surface area (Å²) in [6, 6.07) is 7.84. The lowest BCUT2D eigenvalue weighted by molar-refractivity contribution is 0.185. The number of pyridine rings is 2. The first-order valence-corrected chi connectivity index (χ1v) is 10.2. The normalized spacial score (nSPS) is 11.6. The number of halogens is 1. The van der Waals surface area contributed by atoms with Crippen molar-refractivity contribution in [2.45, 2.75) is 6.61 Å². The Balaban J connectivity index is 1.82. The average Bonchev–Trinajstić information content (AvgIpc) is 3.24. The molecule has 0 unspecified atom stereocenters. The molecule has 0 saturated heterocycles. The van der Waals surface area contributed by atoms with Crippen LogP contribution in [-0.4, -0.2) is 36.0 Å². The number of hydrogen-bond donors (Lipinski definition) is 1. The van der Waals surface area contributed by atoms with E-state index in [4.69, 9.17) is 22.1 Å². The van der Waals surface area contributed by atoms with Crippen molar-refractivity contribution in [2.24, 2.45) is 14.1 Å². The first-order chi connectivity index (χ1) is 15.4. The van der Waals surface area contributed by atoms with Crippen molar-refractivity contribution < 1.29 is 4.74 Å². The molecule has 0 atom stereocenters. The van der Waals surface area contributed by atoms with Crippen LogP contribution in [0.1, 0.15) is 5.56 Å². The lowest BCUT2D eigenvalue weighted by Crippen LogP contribution is -2.20. The highest BCUT2D eigenvalue weighted by Gasteiger charge is 2.20. The molecule has 9 nitrogen and oxygen atoms in total. The van der Waals surface area contributed by atoms with E-state index in [0.717, 1.165) is 27.6 Å². The largest absolute Gasteiger partial charge is 0.383 e. The Morgan fingerprint density at radius 2 is 1.94 bits per heavy atom. The van der Waals surface area contributed by atoms with Crippen LogP contribution in [0.4, 0.5) is 5.82 Å². The summed E-state index contributed by atoms with van der Waals surface area (Å²) < 4.78 is 9.94. The van der Waals surface area contributed by atoms with Gasteiger partial charge in [-0.25, -0.2) is 9.78 Å². The Hall–Kier alpha value is -3.69. The van der Waals surface area contributed by atoms with Gasteiger partial charge in [-0.05, 0) is 23.8 Å². The molecule has 10 heteroatoms. The van der Waals surface area contributed by atoms with Crippen LogP contribution in [0.2, 0.25) is 5.15 Å². The van der Waals surface area contributed by atoms with Gasteiger partial charge in [0.1, 0.15) is 11.5 Å². The van der Waals surface area contributed by atoms with Crippen LogP contribution in [0.5, 0.6) is 0 Å². The van der Waals surface area contributed by atoms with E-state index >= 15 is 0 Å². The van der Waals surface area contributed by atoms with Crippen LogP contribution < -0.4 is 11.4 Å². The van der Waals surface area contributed by atoms with Gasteiger partial charge in [-0.2, -0.15) is 5.10 Å². The summed E-state index contributed by atoms with van der Waals surface area (Å²) in [5.41, 5.74) is 11.0. The third kappa shape index (κ3) is 3.05. The molecule has 0 saturated carbocycles. The molecule has 0 radical (unpaired) electrons. The van der Waals surface area contributed by atoms with E-state index in [1.165, 1.54) is 0 Å². The maximum Gasteiger partial charge on any atom is 0.333 e. The van der Waals surface area contributed by atoms with Crippen molar-refractivity contribution in [1.82, 2.24) is 28.9 Å². The van der Waals surface area contributed by atoms with Gasteiger partial charge in [-0.1, -0.05) is 17.7 Å². The molecule has 5 aromatic rings. The summed E-state index contributed by atoms with van der Waals surface area (Å²) in [5.74, 6) is 0.434. The smallest absolute Gasteiger partial charge is 0.333 e. The number of aromatic nitrogens is 6. The lowest BCUT2D eigenvalue weighted by atomic mass is 10.0. The standard InChI is InChI=1S/C22H20ClN7O2/c1-28-10-18(20(23)27-28)30-19-15-7-12(13-6-14(11-32-3)21(24)26-8-13)4-5-16(15)25-9-17(19)29(2)22(30)31/h4-10H,11H2,1-3H3,(H2,24,26). The molecular weight excluding hydrogens is 430 g/mol. The van der Waals surface area contributed by atoms with Crippen molar-refractivity contribution in [2.75, 3.05) is 12.8 Å². The molecule has 0 spiro atoms. The maximum atomic E-state index is 13.2. The van der Waals surface area contributed by atoms with E-state index in [9.17, 15) is 4.79 Å². The second-order valence-electron chi connectivity index (χ2n) is 7.58. The molecule has 5 rings (SSSR count). The second kappa shape index (κ2) is 7.47. The van der Waals surface area contributed by atoms with Crippen LogP contribution in [-0.2, 0) is 25.4 Å². The minimum absolute atomic E-state index is 0.230. The molecule has 0 amide bonds. The number of methoxy groups -OCH3 is 1. The Morgan fingerprint density at radius 3 is 2.66 bits per heavy atom.